The lowest BCUT2D eigenvalue weighted by atomic mass is 10.1. The maximum absolute atomic E-state index is 12.6. The summed E-state index contributed by atoms with van der Waals surface area (Å²) in [6.45, 7) is 4.01. The first-order valence-electron chi connectivity index (χ1n) is 6.92. The zero-order chi connectivity index (χ0) is 15.7. The fraction of sp³-hybridized carbons (Fsp3) is 0.533. The van der Waals surface area contributed by atoms with Gasteiger partial charge < -0.3 is 10.1 Å². The van der Waals surface area contributed by atoms with E-state index in [1.165, 1.54) is 12.1 Å². The van der Waals surface area contributed by atoms with Crippen LogP contribution < -0.4 is 5.32 Å². The van der Waals surface area contributed by atoms with Crippen molar-refractivity contribution < 1.29 is 17.9 Å². The second kappa shape index (κ2) is 8.53. The third kappa shape index (κ3) is 6.05. The molecule has 3 nitrogen and oxygen atoms in total. The van der Waals surface area contributed by atoms with Gasteiger partial charge in [-0.3, -0.25) is 0 Å². The number of unbranched alkanes of at least 4 members (excludes halogenated alkanes) is 1. The minimum atomic E-state index is -4.50. The van der Waals surface area contributed by atoms with E-state index in [0.717, 1.165) is 31.9 Å². The van der Waals surface area contributed by atoms with Crippen molar-refractivity contribution in [1.82, 2.24) is 0 Å². The van der Waals surface area contributed by atoms with Gasteiger partial charge in [-0.15, -0.1) is 0 Å². The Morgan fingerprint density at radius 2 is 1.95 bits per heavy atom. The summed E-state index contributed by atoms with van der Waals surface area (Å²) >= 11 is 0. The van der Waals surface area contributed by atoms with Gasteiger partial charge in [0.2, 0.25) is 0 Å². The van der Waals surface area contributed by atoms with Gasteiger partial charge in [0.25, 0.3) is 0 Å². The van der Waals surface area contributed by atoms with Gasteiger partial charge in [0.15, 0.2) is 0 Å². The van der Waals surface area contributed by atoms with Gasteiger partial charge in [-0.1, -0.05) is 13.3 Å². The Balaban J connectivity index is 2.45. The molecular weight excluding hydrogens is 281 g/mol. The molecule has 0 radical (unpaired) electrons. The van der Waals surface area contributed by atoms with E-state index in [1.54, 1.807) is 6.07 Å². The minimum Gasteiger partial charge on any atom is -0.385 e. The number of alkyl halides is 3. The molecule has 0 atom stereocenters. The lowest BCUT2D eigenvalue weighted by molar-refractivity contribution is -0.137. The van der Waals surface area contributed by atoms with Crippen LogP contribution in [0.2, 0.25) is 0 Å². The van der Waals surface area contributed by atoms with E-state index < -0.39 is 11.7 Å². The number of hydrogen-bond acceptors (Lipinski definition) is 3. The van der Waals surface area contributed by atoms with Crippen molar-refractivity contribution in [2.45, 2.75) is 32.4 Å². The van der Waals surface area contributed by atoms with Crippen LogP contribution in [0.25, 0.3) is 0 Å². The summed E-state index contributed by atoms with van der Waals surface area (Å²) in [6, 6.07) is 5.07. The number of rotatable bonds is 8. The number of halogens is 3. The van der Waals surface area contributed by atoms with Gasteiger partial charge in [0, 0.05) is 25.4 Å². The molecule has 0 aliphatic carbocycles. The van der Waals surface area contributed by atoms with E-state index in [9.17, 15) is 13.2 Å². The van der Waals surface area contributed by atoms with Crippen molar-refractivity contribution in [3.8, 4) is 6.07 Å². The SMILES string of the molecule is CCCCOCCCNc1ccc(C(F)(F)F)c(C#N)c1. The van der Waals surface area contributed by atoms with Crippen LogP contribution in [0.4, 0.5) is 18.9 Å². The maximum Gasteiger partial charge on any atom is 0.417 e. The number of nitrogens with zero attached hydrogens (tertiary/aromatic N) is 1. The maximum atomic E-state index is 12.6. The van der Waals surface area contributed by atoms with Crippen LogP contribution in [0.15, 0.2) is 18.2 Å². The number of hydrogen-bond donors (Lipinski definition) is 1. The molecule has 0 saturated carbocycles. The standard InChI is InChI=1S/C15H19F3N2O/c1-2-3-8-21-9-4-7-20-13-5-6-14(15(16,17)18)12(10-13)11-19/h5-6,10,20H,2-4,7-9H2,1H3. The Morgan fingerprint density at radius 1 is 1.24 bits per heavy atom. The van der Waals surface area contributed by atoms with Crippen molar-refractivity contribution in [2.75, 3.05) is 25.1 Å². The van der Waals surface area contributed by atoms with Gasteiger partial charge >= 0.3 is 6.18 Å². The average molecular weight is 300 g/mol. The van der Waals surface area contributed by atoms with Crippen LogP contribution in [0.1, 0.15) is 37.3 Å². The smallest absolute Gasteiger partial charge is 0.385 e. The van der Waals surface area contributed by atoms with E-state index in [-0.39, 0.29) is 5.56 Å². The fourth-order valence-corrected chi connectivity index (χ4v) is 1.75. The van der Waals surface area contributed by atoms with Gasteiger partial charge in [-0.25, -0.2) is 0 Å². The Hall–Kier alpha value is -1.74. The molecule has 0 spiro atoms. The summed E-state index contributed by atoms with van der Waals surface area (Å²) in [4.78, 5) is 0. The number of benzene rings is 1. The Bertz CT molecular complexity index is 481. The normalized spacial score (nSPS) is 11.2. The van der Waals surface area contributed by atoms with E-state index >= 15 is 0 Å². The van der Waals surface area contributed by atoms with Gasteiger partial charge in [-0.05, 0) is 31.0 Å². The number of ether oxygens (including phenoxy) is 1. The second-order valence-corrected chi connectivity index (χ2v) is 4.62. The first-order valence-corrected chi connectivity index (χ1v) is 6.92. The van der Waals surface area contributed by atoms with Gasteiger partial charge in [-0.2, -0.15) is 18.4 Å². The Morgan fingerprint density at radius 3 is 2.57 bits per heavy atom. The lowest BCUT2D eigenvalue weighted by Gasteiger charge is -2.11. The summed E-state index contributed by atoms with van der Waals surface area (Å²) in [5.74, 6) is 0. The zero-order valence-electron chi connectivity index (χ0n) is 12.0. The summed E-state index contributed by atoms with van der Waals surface area (Å²) in [5, 5.41) is 11.8. The molecule has 1 aromatic rings. The van der Waals surface area contributed by atoms with Crippen LogP contribution in [-0.4, -0.2) is 19.8 Å². The average Bonchev–Trinajstić information content (AvgIpc) is 2.45. The molecule has 6 heteroatoms. The third-order valence-electron chi connectivity index (χ3n) is 2.88. The predicted molar refractivity (Wildman–Crippen MR) is 75.0 cm³/mol. The molecular formula is C15H19F3N2O. The molecule has 0 bridgehead atoms. The monoisotopic (exact) mass is 300 g/mol. The van der Waals surface area contributed by atoms with E-state index in [1.807, 2.05) is 0 Å². The molecule has 1 aromatic carbocycles. The fourth-order valence-electron chi connectivity index (χ4n) is 1.75. The Labute approximate surface area is 122 Å². The molecule has 1 rings (SSSR count). The zero-order valence-corrected chi connectivity index (χ0v) is 12.0. The summed E-state index contributed by atoms with van der Waals surface area (Å²) in [7, 11) is 0. The van der Waals surface area contributed by atoms with Crippen LogP contribution >= 0.6 is 0 Å². The minimum absolute atomic E-state index is 0.369. The molecule has 0 fully saturated rings. The van der Waals surface area contributed by atoms with Crippen molar-refractivity contribution in [3.05, 3.63) is 29.3 Å². The molecule has 0 unspecified atom stereocenters. The third-order valence-corrected chi connectivity index (χ3v) is 2.88. The van der Waals surface area contributed by atoms with E-state index in [2.05, 4.69) is 12.2 Å². The molecule has 0 aliphatic heterocycles. The van der Waals surface area contributed by atoms with Gasteiger partial charge in [0.1, 0.15) is 0 Å². The second-order valence-electron chi connectivity index (χ2n) is 4.62. The first-order chi connectivity index (χ1) is 9.99. The van der Waals surface area contributed by atoms with E-state index in [0.29, 0.717) is 18.8 Å². The summed E-state index contributed by atoms with van der Waals surface area (Å²) < 4.78 is 43.3. The topological polar surface area (TPSA) is 45.0 Å². The highest BCUT2D eigenvalue weighted by atomic mass is 19.4. The van der Waals surface area contributed by atoms with Crippen molar-refractivity contribution in [3.63, 3.8) is 0 Å². The number of nitriles is 1. The van der Waals surface area contributed by atoms with E-state index in [4.69, 9.17) is 10.00 Å². The van der Waals surface area contributed by atoms with Crippen LogP contribution in [0, 0.1) is 11.3 Å². The summed E-state index contributed by atoms with van der Waals surface area (Å²) in [6.07, 6.45) is -1.64. The quantitative estimate of drug-likeness (QED) is 0.732. The van der Waals surface area contributed by atoms with Crippen LogP contribution in [0.5, 0.6) is 0 Å². The number of anilines is 1. The summed E-state index contributed by atoms with van der Waals surface area (Å²) in [5.41, 5.74) is -0.766. The van der Waals surface area contributed by atoms with Crippen LogP contribution in [-0.2, 0) is 10.9 Å². The van der Waals surface area contributed by atoms with Crippen molar-refractivity contribution in [1.29, 1.82) is 5.26 Å². The molecule has 0 aliphatic rings. The Kier molecular flexibility index (Phi) is 7.03. The highest BCUT2D eigenvalue weighted by Gasteiger charge is 2.33. The molecule has 116 valence electrons. The molecule has 0 saturated heterocycles. The lowest BCUT2D eigenvalue weighted by Crippen LogP contribution is -2.10. The first kappa shape index (κ1) is 17.3. The predicted octanol–water partition coefficient (Wildman–Crippen LogP) is 4.20. The van der Waals surface area contributed by atoms with Gasteiger partial charge in [0.05, 0.1) is 17.2 Å². The molecule has 21 heavy (non-hydrogen) atoms. The largest absolute Gasteiger partial charge is 0.417 e. The molecule has 1 N–H and O–H groups in total. The molecule has 0 aromatic heterocycles. The number of nitrogens with one attached hydrogen (secondary N) is 1. The van der Waals surface area contributed by atoms with Crippen molar-refractivity contribution in [2.24, 2.45) is 0 Å². The van der Waals surface area contributed by atoms with Crippen molar-refractivity contribution >= 4 is 5.69 Å². The van der Waals surface area contributed by atoms with Crippen LogP contribution in [0.3, 0.4) is 0 Å². The molecule has 0 heterocycles. The molecule has 0 amide bonds. The highest BCUT2D eigenvalue weighted by molar-refractivity contribution is 5.53. The highest BCUT2D eigenvalue weighted by Crippen LogP contribution is 2.32.